The summed E-state index contributed by atoms with van der Waals surface area (Å²) in [6.45, 7) is 10.2. The Morgan fingerprint density at radius 2 is 1.62 bits per heavy atom. The summed E-state index contributed by atoms with van der Waals surface area (Å²) in [5, 5.41) is 12.8. The van der Waals surface area contributed by atoms with Crippen molar-refractivity contribution in [2.24, 2.45) is 0 Å². The predicted octanol–water partition coefficient (Wildman–Crippen LogP) is 4.81. The molecule has 0 heterocycles. The summed E-state index contributed by atoms with van der Waals surface area (Å²) in [5.74, 6) is 0. The molecule has 1 N–H and O–H groups in total. The highest BCUT2D eigenvalue weighted by molar-refractivity contribution is 5.06. The van der Waals surface area contributed by atoms with Gasteiger partial charge in [-0.3, -0.25) is 5.32 Å². The Labute approximate surface area is 132 Å². The number of hydrogen-bond donors (Lipinski definition) is 1. The molecule has 0 saturated carbocycles. The van der Waals surface area contributed by atoms with Crippen LogP contribution in [-0.4, -0.2) is 24.8 Å². The van der Waals surface area contributed by atoms with Crippen molar-refractivity contribution in [1.82, 2.24) is 5.32 Å². The molecule has 0 radical (unpaired) electrons. The number of nitrogens with zero attached hydrogens (tertiary/aromatic N) is 1. The van der Waals surface area contributed by atoms with Gasteiger partial charge in [0, 0.05) is 19.3 Å². The molecule has 0 rings (SSSR count). The predicted molar refractivity (Wildman–Crippen MR) is 90.3 cm³/mol. The SMILES string of the molecule is CCCCCCCCOCCCC(C#N)(CC)NC(C)C. The van der Waals surface area contributed by atoms with Crippen LogP contribution in [0.3, 0.4) is 0 Å². The fraction of sp³-hybridized carbons (Fsp3) is 0.944. The monoisotopic (exact) mass is 296 g/mol. The molecule has 0 aromatic carbocycles. The van der Waals surface area contributed by atoms with Crippen molar-refractivity contribution in [2.45, 2.75) is 97.1 Å². The molecule has 3 nitrogen and oxygen atoms in total. The summed E-state index contributed by atoms with van der Waals surface area (Å²) < 4.78 is 5.69. The van der Waals surface area contributed by atoms with Crippen LogP contribution in [0.15, 0.2) is 0 Å². The van der Waals surface area contributed by atoms with Gasteiger partial charge in [-0.05, 0) is 39.5 Å². The number of hydrogen-bond acceptors (Lipinski definition) is 3. The Morgan fingerprint density at radius 1 is 1.00 bits per heavy atom. The molecule has 0 aliphatic rings. The second-order valence-corrected chi connectivity index (χ2v) is 6.33. The van der Waals surface area contributed by atoms with Gasteiger partial charge in [-0.1, -0.05) is 46.0 Å². The number of nitriles is 1. The molecule has 1 atom stereocenters. The average Bonchev–Trinajstić information content (AvgIpc) is 2.47. The molecule has 0 saturated heterocycles. The number of unbranched alkanes of at least 4 members (excludes halogenated alkanes) is 5. The second kappa shape index (κ2) is 13.1. The van der Waals surface area contributed by atoms with Crippen LogP contribution in [0.1, 0.15) is 85.5 Å². The van der Waals surface area contributed by atoms with E-state index in [-0.39, 0.29) is 5.54 Å². The Kier molecular flexibility index (Phi) is 12.7. The van der Waals surface area contributed by atoms with E-state index >= 15 is 0 Å². The maximum Gasteiger partial charge on any atom is 0.106 e. The minimum Gasteiger partial charge on any atom is -0.381 e. The van der Waals surface area contributed by atoms with Crippen molar-refractivity contribution >= 4 is 0 Å². The third-order valence-electron chi connectivity index (χ3n) is 3.92. The van der Waals surface area contributed by atoms with Crippen molar-refractivity contribution in [2.75, 3.05) is 13.2 Å². The highest BCUT2D eigenvalue weighted by Gasteiger charge is 2.27. The number of rotatable bonds is 14. The number of ether oxygens (including phenoxy) is 1. The van der Waals surface area contributed by atoms with Crippen LogP contribution in [0.2, 0.25) is 0 Å². The van der Waals surface area contributed by atoms with E-state index in [1.807, 2.05) is 0 Å². The summed E-state index contributed by atoms with van der Waals surface area (Å²) in [6.07, 6.45) is 10.5. The normalized spacial score (nSPS) is 14.1. The standard InChI is InChI=1S/C18H36N2O/c1-5-7-8-9-10-11-14-21-15-12-13-18(6-2,16-19)20-17(3)4/h17,20H,5-15H2,1-4H3. The van der Waals surface area contributed by atoms with Gasteiger partial charge >= 0.3 is 0 Å². The molecule has 0 spiro atoms. The van der Waals surface area contributed by atoms with Crippen LogP contribution in [0.4, 0.5) is 0 Å². The fourth-order valence-electron chi connectivity index (χ4n) is 2.63. The van der Waals surface area contributed by atoms with Crippen LogP contribution in [-0.2, 0) is 4.74 Å². The molecule has 21 heavy (non-hydrogen) atoms. The molecule has 124 valence electrons. The van der Waals surface area contributed by atoms with Gasteiger partial charge in [0.15, 0.2) is 0 Å². The molecular formula is C18H36N2O. The lowest BCUT2D eigenvalue weighted by molar-refractivity contribution is 0.120. The van der Waals surface area contributed by atoms with E-state index in [9.17, 15) is 5.26 Å². The van der Waals surface area contributed by atoms with E-state index in [2.05, 4.69) is 39.1 Å². The van der Waals surface area contributed by atoms with Crippen molar-refractivity contribution in [3.63, 3.8) is 0 Å². The molecule has 3 heteroatoms. The van der Waals surface area contributed by atoms with Gasteiger partial charge in [0.05, 0.1) is 6.07 Å². The first-order chi connectivity index (χ1) is 10.1. The first-order valence-corrected chi connectivity index (χ1v) is 8.87. The van der Waals surface area contributed by atoms with E-state index in [0.29, 0.717) is 6.04 Å². The summed E-state index contributed by atoms with van der Waals surface area (Å²) in [4.78, 5) is 0. The van der Waals surface area contributed by atoms with Crippen LogP contribution in [0, 0.1) is 11.3 Å². The molecule has 0 bridgehead atoms. The van der Waals surface area contributed by atoms with Crippen LogP contribution in [0.5, 0.6) is 0 Å². The van der Waals surface area contributed by atoms with Gasteiger partial charge in [-0.25, -0.2) is 0 Å². The molecule has 0 amide bonds. The molecule has 0 aromatic heterocycles. The van der Waals surface area contributed by atoms with Gasteiger partial charge in [0.1, 0.15) is 5.54 Å². The largest absolute Gasteiger partial charge is 0.381 e. The highest BCUT2D eigenvalue weighted by Crippen LogP contribution is 2.17. The quantitative estimate of drug-likeness (QED) is 0.468. The topological polar surface area (TPSA) is 45.0 Å². The zero-order chi connectivity index (χ0) is 16.0. The van der Waals surface area contributed by atoms with Gasteiger partial charge in [-0.2, -0.15) is 5.26 Å². The van der Waals surface area contributed by atoms with E-state index in [1.165, 1.54) is 38.5 Å². The number of nitrogens with one attached hydrogen (secondary N) is 1. The molecule has 0 aromatic rings. The fourth-order valence-corrected chi connectivity index (χ4v) is 2.63. The lowest BCUT2D eigenvalue weighted by Crippen LogP contribution is -2.47. The maximum absolute atomic E-state index is 9.42. The van der Waals surface area contributed by atoms with Gasteiger partial charge < -0.3 is 4.74 Å². The van der Waals surface area contributed by atoms with E-state index < -0.39 is 0 Å². The molecule has 1 unspecified atom stereocenters. The molecule has 0 fully saturated rings. The smallest absolute Gasteiger partial charge is 0.106 e. The van der Waals surface area contributed by atoms with Gasteiger partial charge in [-0.15, -0.1) is 0 Å². The lowest BCUT2D eigenvalue weighted by Gasteiger charge is -2.29. The third-order valence-corrected chi connectivity index (χ3v) is 3.92. The first-order valence-electron chi connectivity index (χ1n) is 8.87. The lowest BCUT2D eigenvalue weighted by atomic mass is 9.91. The average molecular weight is 296 g/mol. The van der Waals surface area contributed by atoms with E-state index in [1.54, 1.807) is 0 Å². The van der Waals surface area contributed by atoms with Crippen LogP contribution in [0.25, 0.3) is 0 Å². The van der Waals surface area contributed by atoms with Crippen molar-refractivity contribution in [3.8, 4) is 6.07 Å². The van der Waals surface area contributed by atoms with Gasteiger partial charge in [0.2, 0.25) is 0 Å². The molecule has 0 aliphatic heterocycles. The van der Waals surface area contributed by atoms with Crippen LogP contribution >= 0.6 is 0 Å². The summed E-state index contributed by atoms with van der Waals surface area (Å²) in [5.41, 5.74) is -0.377. The minimum atomic E-state index is -0.377. The maximum atomic E-state index is 9.42. The summed E-state index contributed by atoms with van der Waals surface area (Å²) in [6, 6.07) is 2.80. The minimum absolute atomic E-state index is 0.341. The zero-order valence-corrected chi connectivity index (χ0v) is 14.7. The Morgan fingerprint density at radius 3 is 2.19 bits per heavy atom. The summed E-state index contributed by atoms with van der Waals surface area (Å²) in [7, 11) is 0. The second-order valence-electron chi connectivity index (χ2n) is 6.33. The highest BCUT2D eigenvalue weighted by atomic mass is 16.5. The first kappa shape index (κ1) is 20.4. The van der Waals surface area contributed by atoms with E-state index in [4.69, 9.17) is 4.74 Å². The third kappa shape index (κ3) is 10.7. The Bertz CT molecular complexity index is 273. The zero-order valence-electron chi connectivity index (χ0n) is 14.7. The summed E-state index contributed by atoms with van der Waals surface area (Å²) >= 11 is 0. The van der Waals surface area contributed by atoms with Gasteiger partial charge in [0.25, 0.3) is 0 Å². The van der Waals surface area contributed by atoms with E-state index in [0.717, 1.165) is 32.5 Å². The molecular weight excluding hydrogens is 260 g/mol. The Hall–Kier alpha value is -0.590. The Balaban J connectivity index is 3.61. The van der Waals surface area contributed by atoms with Crippen molar-refractivity contribution in [3.05, 3.63) is 0 Å². The molecule has 0 aliphatic carbocycles. The van der Waals surface area contributed by atoms with Crippen LogP contribution < -0.4 is 5.32 Å². The van der Waals surface area contributed by atoms with Crippen molar-refractivity contribution < 1.29 is 4.74 Å². The van der Waals surface area contributed by atoms with Crippen molar-refractivity contribution in [1.29, 1.82) is 5.26 Å².